The van der Waals surface area contributed by atoms with Crippen molar-refractivity contribution >= 4 is 5.78 Å². The van der Waals surface area contributed by atoms with E-state index in [2.05, 4.69) is 0 Å². The van der Waals surface area contributed by atoms with Gasteiger partial charge in [-0.05, 0) is 43.4 Å². The van der Waals surface area contributed by atoms with Crippen LogP contribution in [0.5, 0.6) is 0 Å². The van der Waals surface area contributed by atoms with Gasteiger partial charge in [0.1, 0.15) is 5.78 Å². The van der Waals surface area contributed by atoms with E-state index >= 15 is 0 Å². The Morgan fingerprint density at radius 3 is 2.73 bits per heavy atom. The summed E-state index contributed by atoms with van der Waals surface area (Å²) in [7, 11) is 0. The highest BCUT2D eigenvalue weighted by atomic mass is 16.1. The molecule has 0 spiro atoms. The molecule has 0 aromatic rings. The van der Waals surface area contributed by atoms with Crippen molar-refractivity contribution in [3.63, 3.8) is 0 Å². The molecule has 3 rings (SSSR count). The molecule has 11 heavy (non-hydrogen) atoms. The standard InChI is InChI=1S/C10H14O/c11-9-4-3-8-6-1-2-7(5-6)10(8)9/h6-8,10H,1-5H2. The monoisotopic (exact) mass is 150 g/mol. The van der Waals surface area contributed by atoms with Gasteiger partial charge in [-0.2, -0.15) is 0 Å². The average molecular weight is 150 g/mol. The third-order valence-corrected chi connectivity index (χ3v) is 4.18. The number of hydrogen-bond donors (Lipinski definition) is 0. The fraction of sp³-hybridized carbons (Fsp3) is 0.900. The number of carbonyl (C=O) groups is 1. The molecule has 3 saturated carbocycles. The normalized spacial score (nSPS) is 53.6. The Morgan fingerprint density at radius 1 is 1.09 bits per heavy atom. The Balaban J connectivity index is 1.97. The van der Waals surface area contributed by atoms with Crippen LogP contribution < -0.4 is 0 Å². The van der Waals surface area contributed by atoms with Crippen molar-refractivity contribution in [3.8, 4) is 0 Å². The van der Waals surface area contributed by atoms with Gasteiger partial charge in [0, 0.05) is 12.3 Å². The van der Waals surface area contributed by atoms with Crippen molar-refractivity contribution < 1.29 is 4.79 Å². The summed E-state index contributed by atoms with van der Waals surface area (Å²) in [6.45, 7) is 0. The van der Waals surface area contributed by atoms with E-state index in [4.69, 9.17) is 0 Å². The molecule has 0 amide bonds. The first-order valence-corrected chi connectivity index (χ1v) is 4.89. The Kier molecular flexibility index (Phi) is 1.06. The summed E-state index contributed by atoms with van der Waals surface area (Å²) in [5.41, 5.74) is 0. The third-order valence-electron chi connectivity index (χ3n) is 4.18. The van der Waals surface area contributed by atoms with E-state index in [0.717, 1.165) is 24.2 Å². The van der Waals surface area contributed by atoms with Crippen molar-refractivity contribution in [2.75, 3.05) is 0 Å². The predicted octanol–water partition coefficient (Wildman–Crippen LogP) is 2.01. The molecular formula is C10H14O. The molecule has 2 bridgehead atoms. The lowest BCUT2D eigenvalue weighted by molar-refractivity contribution is -0.122. The summed E-state index contributed by atoms with van der Waals surface area (Å²) in [6, 6.07) is 0. The molecule has 1 nitrogen and oxygen atoms in total. The zero-order chi connectivity index (χ0) is 7.42. The molecule has 0 aromatic heterocycles. The van der Waals surface area contributed by atoms with E-state index in [1.165, 1.54) is 25.7 Å². The molecule has 0 aromatic carbocycles. The van der Waals surface area contributed by atoms with Gasteiger partial charge < -0.3 is 0 Å². The van der Waals surface area contributed by atoms with Crippen LogP contribution >= 0.6 is 0 Å². The number of fused-ring (bicyclic) bond motifs is 5. The lowest BCUT2D eigenvalue weighted by atomic mass is 9.81. The van der Waals surface area contributed by atoms with Gasteiger partial charge in [0.15, 0.2) is 0 Å². The van der Waals surface area contributed by atoms with Crippen molar-refractivity contribution in [2.45, 2.75) is 32.1 Å². The first-order valence-electron chi connectivity index (χ1n) is 4.89. The maximum atomic E-state index is 11.4. The topological polar surface area (TPSA) is 17.1 Å². The maximum absolute atomic E-state index is 11.4. The summed E-state index contributed by atoms with van der Waals surface area (Å²) in [6.07, 6.45) is 6.31. The minimum absolute atomic E-state index is 0.536. The zero-order valence-corrected chi connectivity index (χ0v) is 6.75. The largest absolute Gasteiger partial charge is 0.299 e. The quantitative estimate of drug-likeness (QED) is 0.516. The van der Waals surface area contributed by atoms with Crippen LogP contribution in [0.1, 0.15) is 32.1 Å². The minimum atomic E-state index is 0.536. The fourth-order valence-electron chi connectivity index (χ4n) is 3.80. The second-order valence-electron chi connectivity index (χ2n) is 4.53. The van der Waals surface area contributed by atoms with Gasteiger partial charge in [0.25, 0.3) is 0 Å². The molecule has 0 heterocycles. The van der Waals surface area contributed by atoms with Gasteiger partial charge in [-0.25, -0.2) is 0 Å². The summed E-state index contributed by atoms with van der Waals surface area (Å²) in [5.74, 6) is 3.74. The molecule has 3 aliphatic rings. The Hall–Kier alpha value is -0.330. The Labute approximate surface area is 67.2 Å². The number of rotatable bonds is 0. The van der Waals surface area contributed by atoms with Crippen molar-refractivity contribution in [1.29, 1.82) is 0 Å². The van der Waals surface area contributed by atoms with Gasteiger partial charge in [-0.15, -0.1) is 0 Å². The molecule has 4 atom stereocenters. The van der Waals surface area contributed by atoms with E-state index < -0.39 is 0 Å². The molecule has 3 fully saturated rings. The second-order valence-corrected chi connectivity index (χ2v) is 4.53. The smallest absolute Gasteiger partial charge is 0.136 e. The first kappa shape index (κ1) is 6.22. The highest BCUT2D eigenvalue weighted by molar-refractivity contribution is 5.84. The van der Waals surface area contributed by atoms with Crippen molar-refractivity contribution in [1.82, 2.24) is 0 Å². The molecule has 0 N–H and O–H groups in total. The van der Waals surface area contributed by atoms with Crippen molar-refractivity contribution in [3.05, 3.63) is 0 Å². The molecule has 3 aliphatic carbocycles. The van der Waals surface area contributed by atoms with E-state index in [1.807, 2.05) is 0 Å². The molecular weight excluding hydrogens is 136 g/mol. The number of ketones is 1. The average Bonchev–Trinajstić information content (AvgIpc) is 2.60. The number of hydrogen-bond acceptors (Lipinski definition) is 1. The molecule has 0 aliphatic heterocycles. The predicted molar refractivity (Wildman–Crippen MR) is 42.1 cm³/mol. The number of carbonyl (C=O) groups excluding carboxylic acids is 1. The van der Waals surface area contributed by atoms with Gasteiger partial charge in [-0.3, -0.25) is 4.79 Å². The SMILES string of the molecule is O=C1CCC2C3CCC(C3)C12. The highest BCUT2D eigenvalue weighted by Crippen LogP contribution is 2.57. The van der Waals surface area contributed by atoms with E-state index in [0.29, 0.717) is 11.7 Å². The van der Waals surface area contributed by atoms with Crippen molar-refractivity contribution in [2.24, 2.45) is 23.7 Å². The Morgan fingerprint density at radius 2 is 1.91 bits per heavy atom. The molecule has 1 heteroatoms. The molecule has 4 unspecified atom stereocenters. The van der Waals surface area contributed by atoms with Crippen LogP contribution in [-0.4, -0.2) is 5.78 Å². The molecule has 0 radical (unpaired) electrons. The fourth-order valence-corrected chi connectivity index (χ4v) is 3.80. The first-order chi connectivity index (χ1) is 5.36. The van der Waals surface area contributed by atoms with Crippen LogP contribution in [-0.2, 0) is 4.79 Å². The third kappa shape index (κ3) is 0.646. The summed E-state index contributed by atoms with van der Waals surface area (Å²) in [5, 5.41) is 0. The van der Waals surface area contributed by atoms with E-state index in [-0.39, 0.29) is 0 Å². The lowest BCUT2D eigenvalue weighted by Crippen LogP contribution is -2.21. The van der Waals surface area contributed by atoms with Crippen LogP contribution in [0.15, 0.2) is 0 Å². The Bertz CT molecular complexity index is 209. The van der Waals surface area contributed by atoms with Gasteiger partial charge in [0.2, 0.25) is 0 Å². The summed E-state index contributed by atoms with van der Waals surface area (Å²) in [4.78, 5) is 11.4. The second kappa shape index (κ2) is 1.88. The minimum Gasteiger partial charge on any atom is -0.299 e. The molecule has 0 saturated heterocycles. The van der Waals surface area contributed by atoms with Crippen LogP contribution in [0.4, 0.5) is 0 Å². The van der Waals surface area contributed by atoms with Gasteiger partial charge in [-0.1, -0.05) is 0 Å². The summed E-state index contributed by atoms with van der Waals surface area (Å²) < 4.78 is 0. The van der Waals surface area contributed by atoms with E-state index in [9.17, 15) is 4.79 Å². The highest BCUT2D eigenvalue weighted by Gasteiger charge is 2.52. The van der Waals surface area contributed by atoms with Crippen LogP contribution in [0.2, 0.25) is 0 Å². The van der Waals surface area contributed by atoms with Crippen LogP contribution in [0.25, 0.3) is 0 Å². The number of Topliss-reactive ketones (excluding diaryl/α,β-unsaturated/α-hetero) is 1. The van der Waals surface area contributed by atoms with Crippen LogP contribution in [0.3, 0.4) is 0 Å². The van der Waals surface area contributed by atoms with Crippen LogP contribution in [0, 0.1) is 23.7 Å². The van der Waals surface area contributed by atoms with Gasteiger partial charge in [0.05, 0.1) is 0 Å². The van der Waals surface area contributed by atoms with Gasteiger partial charge >= 0.3 is 0 Å². The molecule has 60 valence electrons. The summed E-state index contributed by atoms with van der Waals surface area (Å²) >= 11 is 0. The lowest BCUT2D eigenvalue weighted by Gasteiger charge is -2.22. The van der Waals surface area contributed by atoms with E-state index in [1.54, 1.807) is 0 Å². The maximum Gasteiger partial charge on any atom is 0.136 e. The zero-order valence-electron chi connectivity index (χ0n) is 6.75.